The molecular formula is C18H26N2O3S. The van der Waals surface area contributed by atoms with E-state index in [1.807, 2.05) is 25.7 Å². The molecule has 0 aromatic heterocycles. The Hall–Kier alpha value is -1.40. The van der Waals surface area contributed by atoms with Gasteiger partial charge in [-0.2, -0.15) is 0 Å². The molecule has 1 N–H and O–H groups in total. The summed E-state index contributed by atoms with van der Waals surface area (Å²) in [5.74, 6) is 0.342. The number of carbonyl (C=O) groups excluding carboxylic acids is 1. The lowest BCUT2D eigenvalue weighted by Crippen LogP contribution is -2.42. The van der Waals surface area contributed by atoms with Crippen LogP contribution in [0.3, 0.4) is 0 Å². The van der Waals surface area contributed by atoms with Crippen LogP contribution >= 0.6 is 0 Å². The number of hydrogen-bond acceptors (Lipinski definition) is 3. The molecule has 1 amide bonds. The molecule has 0 bridgehead atoms. The molecule has 1 saturated carbocycles. The van der Waals surface area contributed by atoms with Crippen LogP contribution in [0, 0.1) is 5.92 Å². The zero-order valence-electron chi connectivity index (χ0n) is 14.6. The predicted molar refractivity (Wildman–Crippen MR) is 94.5 cm³/mol. The minimum Gasteiger partial charge on any atom is -0.309 e. The summed E-state index contributed by atoms with van der Waals surface area (Å²) < 4.78 is 27.6. The van der Waals surface area contributed by atoms with Crippen LogP contribution in [0.4, 0.5) is 5.69 Å². The van der Waals surface area contributed by atoms with Crippen LogP contribution in [-0.2, 0) is 21.2 Å². The molecule has 0 radical (unpaired) electrons. The summed E-state index contributed by atoms with van der Waals surface area (Å²) >= 11 is 0. The number of anilines is 1. The van der Waals surface area contributed by atoms with E-state index in [1.165, 1.54) is 0 Å². The van der Waals surface area contributed by atoms with Crippen molar-refractivity contribution in [3.05, 3.63) is 23.8 Å². The second-order valence-electron chi connectivity index (χ2n) is 7.11. The van der Waals surface area contributed by atoms with Crippen molar-refractivity contribution in [1.82, 2.24) is 4.72 Å². The Morgan fingerprint density at radius 2 is 2.08 bits per heavy atom. The smallest absolute Gasteiger partial charge is 0.240 e. The summed E-state index contributed by atoms with van der Waals surface area (Å²) in [6, 6.07) is 5.13. The molecule has 132 valence electrons. The molecule has 24 heavy (non-hydrogen) atoms. The van der Waals surface area contributed by atoms with Gasteiger partial charge in [0.1, 0.15) is 0 Å². The first-order chi connectivity index (χ1) is 11.3. The van der Waals surface area contributed by atoms with Gasteiger partial charge in [0.05, 0.1) is 4.90 Å². The van der Waals surface area contributed by atoms with Crippen molar-refractivity contribution in [2.45, 2.75) is 69.9 Å². The van der Waals surface area contributed by atoms with Gasteiger partial charge in [-0.3, -0.25) is 4.79 Å². The lowest BCUT2D eigenvalue weighted by molar-refractivity contribution is -0.125. The molecule has 0 saturated heterocycles. The molecule has 1 aromatic rings. The van der Waals surface area contributed by atoms with E-state index in [4.69, 9.17) is 0 Å². The average molecular weight is 350 g/mol. The Kier molecular flexibility index (Phi) is 4.71. The average Bonchev–Trinajstić information content (AvgIpc) is 2.79. The summed E-state index contributed by atoms with van der Waals surface area (Å²) in [7, 11) is -3.51. The van der Waals surface area contributed by atoms with Gasteiger partial charge in [0.25, 0.3) is 0 Å². The largest absolute Gasteiger partial charge is 0.309 e. The van der Waals surface area contributed by atoms with Crippen LogP contribution in [0.25, 0.3) is 0 Å². The molecule has 6 heteroatoms. The summed E-state index contributed by atoms with van der Waals surface area (Å²) in [5, 5.41) is 0. The van der Waals surface area contributed by atoms with Crippen LogP contribution in [0.2, 0.25) is 0 Å². The van der Waals surface area contributed by atoms with Crippen molar-refractivity contribution in [3.8, 4) is 0 Å². The molecule has 2 aliphatic rings. The Morgan fingerprint density at radius 3 is 2.67 bits per heavy atom. The molecule has 0 unspecified atom stereocenters. The molecule has 1 fully saturated rings. The minimum atomic E-state index is -3.51. The van der Waals surface area contributed by atoms with E-state index < -0.39 is 10.0 Å². The fourth-order valence-electron chi connectivity index (χ4n) is 3.38. The SMILES string of the molecule is CC[C@H](C)NS(=O)(=O)c1ccc2c(c1)C[C@@H](C)N2C(=O)C1CCC1. The highest BCUT2D eigenvalue weighted by Crippen LogP contribution is 2.38. The maximum Gasteiger partial charge on any atom is 0.240 e. The Labute approximate surface area is 144 Å². The van der Waals surface area contributed by atoms with E-state index in [2.05, 4.69) is 4.72 Å². The molecule has 2 atom stereocenters. The van der Waals surface area contributed by atoms with E-state index in [9.17, 15) is 13.2 Å². The van der Waals surface area contributed by atoms with Crippen molar-refractivity contribution in [3.63, 3.8) is 0 Å². The van der Waals surface area contributed by atoms with Gasteiger partial charge in [0.2, 0.25) is 15.9 Å². The Bertz CT molecular complexity index is 741. The van der Waals surface area contributed by atoms with Crippen LogP contribution < -0.4 is 9.62 Å². The molecule has 3 rings (SSSR count). The fourth-order valence-corrected chi connectivity index (χ4v) is 4.76. The highest BCUT2D eigenvalue weighted by molar-refractivity contribution is 7.89. The minimum absolute atomic E-state index is 0.0913. The van der Waals surface area contributed by atoms with E-state index >= 15 is 0 Å². The number of rotatable bonds is 5. The standard InChI is InChI=1S/C18H26N2O3S/c1-4-12(2)19-24(22,23)16-8-9-17-15(11-16)10-13(3)20(17)18(21)14-6-5-7-14/h8-9,11-14,19H,4-7,10H2,1-3H3/t12-,13+/m0/s1. The maximum absolute atomic E-state index is 12.7. The second-order valence-corrected chi connectivity index (χ2v) is 8.82. The fraction of sp³-hybridized carbons (Fsp3) is 0.611. The highest BCUT2D eigenvalue weighted by Gasteiger charge is 2.37. The summed E-state index contributed by atoms with van der Waals surface area (Å²) in [5.41, 5.74) is 1.82. The number of fused-ring (bicyclic) bond motifs is 1. The molecule has 0 spiro atoms. The zero-order chi connectivity index (χ0) is 17.5. The van der Waals surface area contributed by atoms with Gasteiger partial charge in [-0.1, -0.05) is 13.3 Å². The Balaban J connectivity index is 1.87. The predicted octanol–water partition coefficient (Wildman–Crippen LogP) is 2.84. The molecule has 1 aliphatic heterocycles. The maximum atomic E-state index is 12.7. The third-order valence-corrected chi connectivity index (χ3v) is 6.82. The topological polar surface area (TPSA) is 66.5 Å². The number of amides is 1. The molecule has 1 aromatic carbocycles. The zero-order valence-corrected chi connectivity index (χ0v) is 15.4. The number of carbonyl (C=O) groups is 1. The lowest BCUT2D eigenvalue weighted by Gasteiger charge is -2.32. The van der Waals surface area contributed by atoms with Gasteiger partial charge in [-0.15, -0.1) is 0 Å². The van der Waals surface area contributed by atoms with Crippen molar-refractivity contribution in [2.75, 3.05) is 4.90 Å². The highest BCUT2D eigenvalue weighted by atomic mass is 32.2. The van der Waals surface area contributed by atoms with E-state index in [0.29, 0.717) is 6.42 Å². The first-order valence-corrected chi connectivity index (χ1v) is 10.3. The van der Waals surface area contributed by atoms with Gasteiger partial charge in [0, 0.05) is 23.7 Å². The van der Waals surface area contributed by atoms with Crippen LogP contribution in [0.15, 0.2) is 23.1 Å². The van der Waals surface area contributed by atoms with Gasteiger partial charge < -0.3 is 4.90 Å². The summed E-state index contributed by atoms with van der Waals surface area (Å²) in [6.07, 6.45) is 4.53. The van der Waals surface area contributed by atoms with Gasteiger partial charge in [-0.05, 0) is 63.3 Å². The third kappa shape index (κ3) is 3.09. The quantitative estimate of drug-likeness (QED) is 0.888. The number of nitrogens with zero attached hydrogens (tertiary/aromatic N) is 1. The number of sulfonamides is 1. The Morgan fingerprint density at radius 1 is 1.38 bits per heavy atom. The monoisotopic (exact) mass is 350 g/mol. The van der Waals surface area contributed by atoms with Crippen LogP contribution in [-0.4, -0.2) is 26.4 Å². The number of nitrogens with one attached hydrogen (secondary N) is 1. The normalized spacial score (nSPS) is 22.1. The molecular weight excluding hydrogens is 324 g/mol. The summed E-state index contributed by atoms with van der Waals surface area (Å²) in [6.45, 7) is 5.83. The van der Waals surface area contributed by atoms with Crippen LogP contribution in [0.1, 0.15) is 52.0 Å². The first-order valence-electron chi connectivity index (χ1n) is 8.81. The second kappa shape index (κ2) is 6.48. The first kappa shape index (κ1) is 17.4. The van der Waals surface area contributed by atoms with Gasteiger partial charge >= 0.3 is 0 Å². The molecule has 1 aliphatic carbocycles. The van der Waals surface area contributed by atoms with E-state index in [1.54, 1.807) is 18.2 Å². The van der Waals surface area contributed by atoms with Crippen molar-refractivity contribution in [1.29, 1.82) is 0 Å². The van der Waals surface area contributed by atoms with Gasteiger partial charge in [0.15, 0.2) is 0 Å². The van der Waals surface area contributed by atoms with Crippen LogP contribution in [0.5, 0.6) is 0 Å². The number of hydrogen-bond donors (Lipinski definition) is 1. The van der Waals surface area contributed by atoms with E-state index in [0.717, 1.165) is 36.9 Å². The summed E-state index contributed by atoms with van der Waals surface area (Å²) in [4.78, 5) is 14.8. The van der Waals surface area contributed by atoms with E-state index in [-0.39, 0.29) is 28.8 Å². The van der Waals surface area contributed by atoms with Crippen molar-refractivity contribution >= 4 is 21.6 Å². The third-order valence-electron chi connectivity index (χ3n) is 5.24. The lowest BCUT2D eigenvalue weighted by atomic mass is 9.84. The van der Waals surface area contributed by atoms with Gasteiger partial charge in [-0.25, -0.2) is 13.1 Å². The number of benzene rings is 1. The molecule has 1 heterocycles. The molecule has 5 nitrogen and oxygen atoms in total. The van der Waals surface area contributed by atoms with Crippen molar-refractivity contribution < 1.29 is 13.2 Å². The van der Waals surface area contributed by atoms with Crippen molar-refractivity contribution in [2.24, 2.45) is 5.92 Å².